The lowest BCUT2D eigenvalue weighted by molar-refractivity contribution is -0.316. The van der Waals surface area contributed by atoms with E-state index < -0.39 is 78.2 Å². The zero-order chi connectivity index (χ0) is 34.5. The first-order valence-electron chi connectivity index (χ1n) is 16.7. The Kier molecular flexibility index (Phi) is 11.4. The smallest absolute Gasteiger partial charge is 0.312 e. The minimum atomic E-state index is -1.03. The van der Waals surface area contributed by atoms with Crippen molar-refractivity contribution in [2.45, 2.75) is 154 Å². The van der Waals surface area contributed by atoms with E-state index in [1.807, 2.05) is 46.7 Å². The van der Waals surface area contributed by atoms with Gasteiger partial charge in [0.25, 0.3) is 0 Å². The molecule has 0 aromatic heterocycles. The monoisotopic (exact) mass is 655 g/mol. The third kappa shape index (κ3) is 7.19. The van der Waals surface area contributed by atoms with E-state index in [4.69, 9.17) is 33.2 Å². The van der Waals surface area contributed by atoms with E-state index in [2.05, 4.69) is 0 Å². The average molecular weight is 656 g/mol. The summed E-state index contributed by atoms with van der Waals surface area (Å²) in [6.45, 7) is 16.3. The highest BCUT2D eigenvalue weighted by Gasteiger charge is 2.55. The van der Waals surface area contributed by atoms with E-state index >= 15 is 0 Å². The molecule has 4 aliphatic heterocycles. The molecule has 46 heavy (non-hydrogen) atoms. The summed E-state index contributed by atoms with van der Waals surface area (Å²) < 4.78 is 44.0. The first-order valence-corrected chi connectivity index (χ1v) is 16.7. The summed E-state index contributed by atoms with van der Waals surface area (Å²) in [6.07, 6.45) is -5.83. The molecule has 0 saturated carbocycles. The van der Waals surface area contributed by atoms with Gasteiger partial charge in [-0.25, -0.2) is 0 Å². The third-order valence-corrected chi connectivity index (χ3v) is 10.7. The van der Waals surface area contributed by atoms with Gasteiger partial charge >= 0.3 is 5.97 Å². The van der Waals surface area contributed by atoms with Crippen LogP contribution in [0.1, 0.15) is 81.6 Å². The number of carbonyl (C=O) groups is 2. The molecule has 264 valence electrons. The number of hydrogen-bond acceptors (Lipinski definition) is 12. The van der Waals surface area contributed by atoms with Crippen LogP contribution in [-0.4, -0.2) is 121 Å². The molecule has 0 aromatic rings. The topological polar surface area (TPSA) is 142 Å². The van der Waals surface area contributed by atoms with Crippen LogP contribution < -0.4 is 0 Å². The number of likely N-dealkylation sites (N-methyl/N-ethyl adjacent to an activating group) is 1. The summed E-state index contributed by atoms with van der Waals surface area (Å²) in [7, 11) is 5.36. The maximum absolute atomic E-state index is 13.7. The lowest BCUT2D eigenvalue weighted by Crippen LogP contribution is -2.60. The van der Waals surface area contributed by atoms with E-state index in [0.29, 0.717) is 24.2 Å². The number of nitrogens with zero attached hydrogens (tertiary/aromatic N) is 1. The van der Waals surface area contributed by atoms with Crippen LogP contribution >= 0.6 is 0 Å². The minimum Gasteiger partial charge on any atom is -0.488 e. The Hall–Kier alpha value is -1.64. The van der Waals surface area contributed by atoms with Crippen molar-refractivity contribution in [3.05, 3.63) is 11.3 Å². The average Bonchev–Trinajstić information content (AvgIpc) is 3.30. The van der Waals surface area contributed by atoms with Crippen molar-refractivity contribution in [1.82, 2.24) is 4.90 Å². The second-order valence-corrected chi connectivity index (χ2v) is 14.8. The Balaban J connectivity index is 1.80. The van der Waals surface area contributed by atoms with Gasteiger partial charge in [0.1, 0.15) is 29.7 Å². The Morgan fingerprint density at radius 2 is 1.61 bits per heavy atom. The summed E-state index contributed by atoms with van der Waals surface area (Å²) in [5, 5.41) is 22.3. The van der Waals surface area contributed by atoms with Crippen LogP contribution in [0.25, 0.3) is 0 Å². The Bertz CT molecular complexity index is 1150. The van der Waals surface area contributed by atoms with Crippen LogP contribution in [0.2, 0.25) is 0 Å². The van der Waals surface area contributed by atoms with Crippen molar-refractivity contribution in [2.24, 2.45) is 17.8 Å². The first kappa shape index (κ1) is 37.2. The predicted octanol–water partition coefficient (Wildman–Crippen LogP) is 2.96. The van der Waals surface area contributed by atoms with Gasteiger partial charge in [0.05, 0.1) is 29.8 Å². The molecular formula is C34H57NO11. The lowest BCUT2D eigenvalue weighted by atomic mass is 9.79. The molecule has 2 N–H and O–H groups in total. The summed E-state index contributed by atoms with van der Waals surface area (Å²) in [5.41, 5.74) is -1.54. The van der Waals surface area contributed by atoms with Crippen molar-refractivity contribution in [2.75, 3.05) is 21.2 Å². The summed E-state index contributed by atoms with van der Waals surface area (Å²) >= 11 is 0. The fourth-order valence-corrected chi connectivity index (χ4v) is 7.87. The van der Waals surface area contributed by atoms with Gasteiger partial charge < -0.3 is 48.3 Å². The van der Waals surface area contributed by atoms with Crippen LogP contribution in [0.3, 0.4) is 0 Å². The largest absolute Gasteiger partial charge is 0.488 e. The normalized spacial score (nSPS) is 47.7. The van der Waals surface area contributed by atoms with Crippen molar-refractivity contribution in [1.29, 1.82) is 0 Å². The molecule has 15 unspecified atom stereocenters. The molecule has 3 saturated heterocycles. The van der Waals surface area contributed by atoms with Gasteiger partial charge in [0.15, 0.2) is 18.7 Å². The number of hydrogen-bond donors (Lipinski definition) is 2. The molecular weight excluding hydrogens is 598 g/mol. The summed E-state index contributed by atoms with van der Waals surface area (Å²) in [5.74, 6) is -1.96. The number of ether oxygens (including phenoxy) is 7. The second kappa shape index (κ2) is 14.1. The number of esters is 1. The minimum absolute atomic E-state index is 0.134. The standard InChI is InChI=1S/C34H57NO11/c1-16-14-34(9)30(45-32-26(37)23(35(10)11)13-17(2)41-32)19(4)28(44-24-15-33(8,40-12)29(38)22(7)42-24)20(5)31(39)43-21(6)25(36)18(3)27(16)46-34/h16-17,19-24,26,28-30,32,37-38H,13-15H2,1-12H3. The van der Waals surface area contributed by atoms with Crippen LogP contribution in [0.15, 0.2) is 11.3 Å². The highest BCUT2D eigenvalue weighted by Crippen LogP contribution is 2.47. The van der Waals surface area contributed by atoms with Gasteiger partial charge in [0, 0.05) is 37.0 Å². The van der Waals surface area contributed by atoms with Gasteiger partial charge in [-0.3, -0.25) is 9.59 Å². The van der Waals surface area contributed by atoms with Crippen molar-refractivity contribution in [3.63, 3.8) is 0 Å². The molecule has 0 amide bonds. The molecule has 12 heteroatoms. The number of rotatable bonds is 6. The van der Waals surface area contributed by atoms with E-state index in [9.17, 15) is 19.8 Å². The maximum Gasteiger partial charge on any atom is 0.312 e. The SMILES string of the molecule is COC1(C)CC(OC2C(C)C(=O)OC(C)C(=O)C(C)=C3OC(C)(CC3C)C(OC3OC(C)CC(N(C)C)C3O)C2C)OC(C)C1O. The van der Waals surface area contributed by atoms with Crippen molar-refractivity contribution >= 4 is 11.8 Å². The third-order valence-electron chi connectivity index (χ3n) is 10.7. The molecule has 15 atom stereocenters. The number of carbonyl (C=O) groups excluding carboxylic acids is 2. The molecule has 4 aliphatic rings. The van der Waals surface area contributed by atoms with E-state index in [-0.39, 0.29) is 30.3 Å². The van der Waals surface area contributed by atoms with Gasteiger partial charge in [-0.1, -0.05) is 13.8 Å². The second-order valence-electron chi connectivity index (χ2n) is 14.8. The number of Topliss-reactive ketones (excluding diaryl/α,β-unsaturated/α-hetero) is 1. The van der Waals surface area contributed by atoms with E-state index in [1.54, 1.807) is 34.6 Å². The van der Waals surface area contributed by atoms with E-state index in [1.165, 1.54) is 7.11 Å². The molecule has 0 aromatic carbocycles. The van der Waals surface area contributed by atoms with Crippen LogP contribution in [0.4, 0.5) is 0 Å². The Morgan fingerprint density at radius 3 is 2.22 bits per heavy atom. The highest BCUT2D eigenvalue weighted by atomic mass is 16.7. The van der Waals surface area contributed by atoms with Gasteiger partial charge in [-0.15, -0.1) is 0 Å². The summed E-state index contributed by atoms with van der Waals surface area (Å²) in [4.78, 5) is 29.1. The molecule has 4 heterocycles. The van der Waals surface area contributed by atoms with Crippen molar-refractivity contribution < 1.29 is 53.0 Å². The maximum atomic E-state index is 13.7. The number of ketones is 1. The quantitative estimate of drug-likeness (QED) is 0.406. The number of aliphatic hydroxyl groups is 2. The Labute approximate surface area is 274 Å². The molecule has 0 aliphatic carbocycles. The predicted molar refractivity (Wildman–Crippen MR) is 167 cm³/mol. The number of fused-ring (bicyclic) bond motifs is 2. The number of cyclic esters (lactones) is 1. The first-order chi connectivity index (χ1) is 21.3. The molecule has 4 rings (SSSR count). The number of allylic oxidation sites excluding steroid dienone is 1. The van der Waals surface area contributed by atoms with Crippen molar-refractivity contribution in [3.8, 4) is 0 Å². The van der Waals surface area contributed by atoms with E-state index in [0.717, 1.165) is 0 Å². The van der Waals surface area contributed by atoms with Crippen LogP contribution in [0, 0.1) is 17.8 Å². The summed E-state index contributed by atoms with van der Waals surface area (Å²) in [6, 6.07) is -0.209. The molecule has 3 fully saturated rings. The van der Waals surface area contributed by atoms with Gasteiger partial charge in [-0.2, -0.15) is 0 Å². The zero-order valence-corrected chi connectivity index (χ0v) is 29.6. The molecule has 12 nitrogen and oxygen atoms in total. The van der Waals surface area contributed by atoms with Crippen LogP contribution in [0.5, 0.6) is 0 Å². The van der Waals surface area contributed by atoms with Gasteiger partial charge in [-0.05, 0) is 75.4 Å². The zero-order valence-electron chi connectivity index (χ0n) is 29.6. The highest BCUT2D eigenvalue weighted by molar-refractivity contribution is 5.99. The molecule has 2 bridgehead atoms. The molecule has 0 spiro atoms. The van der Waals surface area contributed by atoms with Crippen LogP contribution in [-0.2, 0) is 42.7 Å². The fraction of sp³-hybridized carbons (Fsp3) is 0.882. The lowest BCUT2D eigenvalue weighted by Gasteiger charge is -2.48. The number of methoxy groups -OCH3 is 1. The fourth-order valence-electron chi connectivity index (χ4n) is 7.87. The Morgan fingerprint density at radius 1 is 0.957 bits per heavy atom. The van der Waals surface area contributed by atoms with Gasteiger partial charge in [0.2, 0.25) is 5.78 Å². The molecule has 0 radical (unpaired) electrons. The number of aliphatic hydroxyl groups excluding tert-OH is 2.